The summed E-state index contributed by atoms with van der Waals surface area (Å²) >= 11 is 1.72. The number of nitrogens with zero attached hydrogens (tertiary/aromatic N) is 1. The Bertz CT molecular complexity index is 703. The molecule has 2 heterocycles. The zero-order chi connectivity index (χ0) is 17.6. The van der Waals surface area contributed by atoms with Crippen LogP contribution in [-0.4, -0.2) is 43.7 Å². The lowest BCUT2D eigenvalue weighted by atomic mass is 10.1. The van der Waals surface area contributed by atoms with E-state index < -0.39 is 0 Å². The topological polar surface area (TPSA) is 50.8 Å². The van der Waals surface area contributed by atoms with Crippen LogP contribution < -0.4 is 14.8 Å². The number of hydrogen-bond donors (Lipinski definition) is 1. The fourth-order valence-corrected chi connectivity index (χ4v) is 3.43. The summed E-state index contributed by atoms with van der Waals surface area (Å²) in [4.78, 5) is 15.7. The summed E-state index contributed by atoms with van der Waals surface area (Å²) < 4.78 is 11.2. The van der Waals surface area contributed by atoms with Crippen molar-refractivity contribution in [3.05, 3.63) is 46.2 Å². The number of likely N-dealkylation sites (N-methyl/N-ethyl adjacent to an activating group) is 1. The Morgan fingerprint density at radius 1 is 1.28 bits per heavy atom. The van der Waals surface area contributed by atoms with Crippen molar-refractivity contribution in [1.82, 2.24) is 10.2 Å². The molecular weight excluding hydrogens is 336 g/mol. The molecule has 0 saturated heterocycles. The van der Waals surface area contributed by atoms with Gasteiger partial charge in [-0.25, -0.2) is 0 Å². The third-order valence-corrected chi connectivity index (χ3v) is 5.27. The lowest BCUT2D eigenvalue weighted by Gasteiger charge is -2.25. The summed E-state index contributed by atoms with van der Waals surface area (Å²) in [6, 6.07) is 9.87. The summed E-state index contributed by atoms with van der Waals surface area (Å²) in [5.41, 5.74) is 1.10. The first-order chi connectivity index (χ1) is 12.1. The van der Waals surface area contributed by atoms with Crippen LogP contribution in [0.15, 0.2) is 35.7 Å². The number of amides is 1. The molecule has 1 unspecified atom stereocenters. The second-order valence-corrected chi connectivity index (χ2v) is 7.22. The molecule has 25 heavy (non-hydrogen) atoms. The van der Waals surface area contributed by atoms with Crippen LogP contribution in [0.25, 0.3) is 0 Å². The second kappa shape index (κ2) is 8.36. The van der Waals surface area contributed by atoms with Gasteiger partial charge in [0.05, 0.1) is 6.04 Å². The van der Waals surface area contributed by atoms with Gasteiger partial charge in [0.15, 0.2) is 11.5 Å². The lowest BCUT2D eigenvalue weighted by molar-refractivity contribution is -0.125. The van der Waals surface area contributed by atoms with E-state index in [0.29, 0.717) is 26.3 Å². The molecule has 1 N–H and O–H groups in total. The molecule has 1 aromatic carbocycles. The number of hydrogen-bond acceptors (Lipinski definition) is 5. The Morgan fingerprint density at radius 2 is 2.08 bits per heavy atom. The fourth-order valence-electron chi connectivity index (χ4n) is 2.72. The SMILES string of the molecule is CC(C(=O)NCCc1cccs1)N(C)Cc1ccc2c(c1)OCCO2. The van der Waals surface area contributed by atoms with Gasteiger partial charge in [0, 0.05) is 18.0 Å². The molecule has 0 fully saturated rings. The molecule has 1 aliphatic rings. The van der Waals surface area contributed by atoms with Gasteiger partial charge in [-0.15, -0.1) is 11.3 Å². The van der Waals surface area contributed by atoms with Crippen LogP contribution in [0, 0.1) is 0 Å². The Morgan fingerprint density at radius 3 is 2.84 bits per heavy atom. The molecular formula is C19H24N2O3S. The van der Waals surface area contributed by atoms with Gasteiger partial charge in [-0.3, -0.25) is 9.69 Å². The minimum Gasteiger partial charge on any atom is -0.486 e. The molecule has 2 aromatic rings. The summed E-state index contributed by atoms with van der Waals surface area (Å²) in [5.74, 6) is 1.62. The smallest absolute Gasteiger partial charge is 0.237 e. The van der Waals surface area contributed by atoms with Gasteiger partial charge in [0.1, 0.15) is 13.2 Å². The molecule has 134 valence electrons. The van der Waals surface area contributed by atoms with Crippen molar-refractivity contribution >= 4 is 17.2 Å². The first kappa shape index (κ1) is 17.8. The fraction of sp³-hybridized carbons (Fsp3) is 0.421. The number of benzene rings is 1. The highest BCUT2D eigenvalue weighted by atomic mass is 32.1. The van der Waals surface area contributed by atoms with E-state index in [1.54, 1.807) is 11.3 Å². The van der Waals surface area contributed by atoms with Crippen LogP contribution in [0.2, 0.25) is 0 Å². The second-order valence-electron chi connectivity index (χ2n) is 6.19. The number of rotatable bonds is 7. The average molecular weight is 360 g/mol. The molecule has 0 radical (unpaired) electrons. The number of nitrogens with one attached hydrogen (secondary N) is 1. The number of carbonyl (C=O) groups excluding carboxylic acids is 1. The Labute approximate surface area is 152 Å². The largest absolute Gasteiger partial charge is 0.486 e. The van der Waals surface area contributed by atoms with E-state index in [2.05, 4.69) is 16.8 Å². The molecule has 1 aromatic heterocycles. The van der Waals surface area contributed by atoms with Crippen molar-refractivity contribution in [3.8, 4) is 11.5 Å². The van der Waals surface area contributed by atoms with Crippen LogP contribution in [-0.2, 0) is 17.8 Å². The predicted octanol–water partition coefficient (Wildman–Crippen LogP) is 2.70. The van der Waals surface area contributed by atoms with Gasteiger partial charge in [-0.05, 0) is 49.5 Å². The molecule has 5 nitrogen and oxygen atoms in total. The van der Waals surface area contributed by atoms with E-state index >= 15 is 0 Å². The molecule has 1 atom stereocenters. The summed E-state index contributed by atoms with van der Waals surface area (Å²) in [7, 11) is 1.96. The standard InChI is InChI=1S/C19H24N2O3S/c1-14(19(22)20-8-7-16-4-3-11-25-16)21(2)13-15-5-6-17-18(12-15)24-10-9-23-17/h3-6,11-12,14H,7-10,13H2,1-2H3,(H,20,22). The van der Waals surface area contributed by atoms with Gasteiger partial charge in [0.25, 0.3) is 0 Å². The number of thiophene rings is 1. The molecule has 1 amide bonds. The zero-order valence-electron chi connectivity index (χ0n) is 14.7. The molecule has 0 aliphatic carbocycles. The Hall–Kier alpha value is -2.05. The third kappa shape index (κ3) is 4.74. The number of carbonyl (C=O) groups is 1. The van der Waals surface area contributed by atoms with Gasteiger partial charge in [-0.1, -0.05) is 12.1 Å². The molecule has 3 rings (SSSR count). The first-order valence-electron chi connectivity index (χ1n) is 8.52. The van der Waals surface area contributed by atoms with Crippen LogP contribution in [0.5, 0.6) is 11.5 Å². The molecule has 6 heteroatoms. The van der Waals surface area contributed by atoms with Gasteiger partial charge < -0.3 is 14.8 Å². The first-order valence-corrected chi connectivity index (χ1v) is 9.40. The average Bonchev–Trinajstić information content (AvgIpc) is 3.14. The zero-order valence-corrected chi connectivity index (χ0v) is 15.5. The third-order valence-electron chi connectivity index (χ3n) is 4.33. The number of fused-ring (bicyclic) bond motifs is 1. The summed E-state index contributed by atoms with van der Waals surface area (Å²) in [6.45, 7) is 4.44. The Kier molecular flexibility index (Phi) is 5.94. The maximum Gasteiger partial charge on any atom is 0.237 e. The highest BCUT2D eigenvalue weighted by Crippen LogP contribution is 2.31. The highest BCUT2D eigenvalue weighted by Gasteiger charge is 2.19. The molecule has 0 spiro atoms. The van der Waals surface area contributed by atoms with E-state index in [1.165, 1.54) is 4.88 Å². The van der Waals surface area contributed by atoms with Crippen molar-refractivity contribution in [2.24, 2.45) is 0 Å². The van der Waals surface area contributed by atoms with E-state index in [1.807, 2.05) is 43.1 Å². The van der Waals surface area contributed by atoms with Gasteiger partial charge in [0.2, 0.25) is 5.91 Å². The number of ether oxygens (including phenoxy) is 2. The van der Waals surface area contributed by atoms with Gasteiger partial charge in [-0.2, -0.15) is 0 Å². The van der Waals surface area contributed by atoms with Crippen molar-refractivity contribution < 1.29 is 14.3 Å². The molecule has 0 saturated carbocycles. The van der Waals surface area contributed by atoms with Crippen molar-refractivity contribution in [3.63, 3.8) is 0 Å². The maximum atomic E-state index is 12.3. The molecule has 1 aliphatic heterocycles. The normalized spacial score (nSPS) is 14.4. The van der Waals surface area contributed by atoms with Crippen molar-refractivity contribution in [1.29, 1.82) is 0 Å². The maximum absolute atomic E-state index is 12.3. The van der Waals surface area contributed by atoms with Gasteiger partial charge >= 0.3 is 0 Å². The predicted molar refractivity (Wildman–Crippen MR) is 99.4 cm³/mol. The summed E-state index contributed by atoms with van der Waals surface area (Å²) in [6.07, 6.45) is 0.877. The van der Waals surface area contributed by atoms with E-state index in [9.17, 15) is 4.79 Å². The van der Waals surface area contributed by atoms with E-state index in [-0.39, 0.29) is 11.9 Å². The Balaban J connectivity index is 1.49. The minimum atomic E-state index is -0.198. The van der Waals surface area contributed by atoms with Crippen LogP contribution >= 0.6 is 11.3 Å². The lowest BCUT2D eigenvalue weighted by Crippen LogP contribution is -2.43. The van der Waals surface area contributed by atoms with E-state index in [4.69, 9.17) is 9.47 Å². The summed E-state index contributed by atoms with van der Waals surface area (Å²) in [5, 5.41) is 5.08. The van der Waals surface area contributed by atoms with Crippen LogP contribution in [0.3, 0.4) is 0 Å². The van der Waals surface area contributed by atoms with Crippen molar-refractivity contribution in [2.45, 2.75) is 25.9 Å². The van der Waals surface area contributed by atoms with E-state index in [0.717, 1.165) is 23.5 Å². The van der Waals surface area contributed by atoms with Crippen LogP contribution in [0.4, 0.5) is 0 Å². The quantitative estimate of drug-likeness (QED) is 0.825. The highest BCUT2D eigenvalue weighted by molar-refractivity contribution is 7.09. The minimum absolute atomic E-state index is 0.0524. The van der Waals surface area contributed by atoms with Crippen molar-refractivity contribution in [2.75, 3.05) is 26.8 Å². The molecule has 0 bridgehead atoms. The monoisotopic (exact) mass is 360 g/mol. The van der Waals surface area contributed by atoms with Crippen LogP contribution in [0.1, 0.15) is 17.4 Å².